The molecule has 0 saturated carbocycles. The zero-order chi connectivity index (χ0) is 14.0. The Kier molecular flexibility index (Phi) is 3.45. The molecule has 0 aliphatic rings. The summed E-state index contributed by atoms with van der Waals surface area (Å²) in [5, 5.41) is 14.9. The number of carboxylic acid groups (broad SMARTS) is 1. The number of aromatic carboxylic acids is 1. The van der Waals surface area contributed by atoms with Gasteiger partial charge in [-0.3, -0.25) is 9.82 Å². The van der Waals surface area contributed by atoms with Gasteiger partial charge in [0.05, 0.1) is 16.9 Å². The fraction of sp³-hybridized carbons (Fsp3) is 0. The summed E-state index contributed by atoms with van der Waals surface area (Å²) in [5.41, 5.74) is -0.419. The fourth-order valence-corrected chi connectivity index (χ4v) is 2.65. The van der Waals surface area contributed by atoms with E-state index in [4.69, 9.17) is 16.7 Å². The van der Waals surface area contributed by atoms with Crippen LogP contribution in [0, 0.1) is 0 Å². The van der Waals surface area contributed by atoms with Gasteiger partial charge in [0.25, 0.3) is 10.0 Å². The van der Waals surface area contributed by atoms with Crippen LogP contribution in [-0.2, 0) is 10.0 Å². The van der Waals surface area contributed by atoms with Gasteiger partial charge in [0.1, 0.15) is 10.5 Å². The van der Waals surface area contributed by atoms with Crippen LogP contribution >= 0.6 is 11.6 Å². The molecule has 1 aromatic carbocycles. The van der Waals surface area contributed by atoms with E-state index in [1.165, 1.54) is 24.4 Å². The number of hydrogen-bond donors (Lipinski definition) is 3. The molecular weight excluding hydrogens is 294 g/mol. The average molecular weight is 302 g/mol. The third-order valence-corrected chi connectivity index (χ3v) is 3.90. The number of benzene rings is 1. The highest BCUT2D eigenvalue weighted by Gasteiger charge is 2.21. The number of carbonyl (C=O) groups is 1. The minimum atomic E-state index is -3.91. The Labute approximate surface area is 113 Å². The SMILES string of the molecule is O=C(O)c1c(Cl)cccc1NS(=O)(=O)c1cn[nH]c1. The highest BCUT2D eigenvalue weighted by Crippen LogP contribution is 2.26. The van der Waals surface area contributed by atoms with E-state index in [0.29, 0.717) is 0 Å². The van der Waals surface area contributed by atoms with E-state index >= 15 is 0 Å². The Balaban J connectivity index is 2.45. The minimum absolute atomic E-state index is 0.0557. The lowest BCUT2D eigenvalue weighted by Crippen LogP contribution is -2.15. The van der Waals surface area contributed by atoms with Gasteiger partial charge in [0.15, 0.2) is 0 Å². The van der Waals surface area contributed by atoms with Crippen molar-refractivity contribution in [1.82, 2.24) is 10.2 Å². The lowest BCUT2D eigenvalue weighted by molar-refractivity contribution is 0.0698. The molecule has 19 heavy (non-hydrogen) atoms. The smallest absolute Gasteiger partial charge is 0.339 e. The van der Waals surface area contributed by atoms with Crippen LogP contribution in [0.2, 0.25) is 5.02 Å². The summed E-state index contributed by atoms with van der Waals surface area (Å²) in [7, 11) is -3.91. The van der Waals surface area contributed by atoms with Crippen LogP contribution < -0.4 is 4.72 Å². The van der Waals surface area contributed by atoms with E-state index < -0.39 is 16.0 Å². The van der Waals surface area contributed by atoms with Gasteiger partial charge >= 0.3 is 5.97 Å². The van der Waals surface area contributed by atoms with Crippen LogP contribution in [0.25, 0.3) is 0 Å². The summed E-state index contributed by atoms with van der Waals surface area (Å²) in [4.78, 5) is 11.0. The molecule has 0 amide bonds. The summed E-state index contributed by atoms with van der Waals surface area (Å²) < 4.78 is 26.0. The second-order valence-corrected chi connectivity index (χ2v) is 5.60. The predicted molar refractivity (Wildman–Crippen MR) is 67.8 cm³/mol. The van der Waals surface area contributed by atoms with Gasteiger partial charge in [0.2, 0.25) is 0 Å². The van der Waals surface area contributed by atoms with Gasteiger partial charge < -0.3 is 5.11 Å². The average Bonchev–Trinajstić information content (AvgIpc) is 2.81. The minimum Gasteiger partial charge on any atom is -0.478 e. The lowest BCUT2D eigenvalue weighted by Gasteiger charge is -2.10. The molecule has 0 unspecified atom stereocenters. The maximum atomic E-state index is 11.9. The first-order valence-electron chi connectivity index (χ1n) is 4.95. The molecule has 0 aliphatic heterocycles. The number of hydrogen-bond acceptors (Lipinski definition) is 4. The predicted octanol–water partition coefficient (Wildman–Crippen LogP) is 1.56. The Hall–Kier alpha value is -2.06. The van der Waals surface area contributed by atoms with Crippen molar-refractivity contribution < 1.29 is 18.3 Å². The van der Waals surface area contributed by atoms with Crippen molar-refractivity contribution in [3.8, 4) is 0 Å². The van der Waals surface area contributed by atoms with Gasteiger partial charge in [0, 0.05) is 6.20 Å². The molecule has 0 aliphatic carbocycles. The monoisotopic (exact) mass is 301 g/mol. The third kappa shape index (κ3) is 2.69. The van der Waals surface area contributed by atoms with Gasteiger partial charge in [-0.15, -0.1) is 0 Å². The zero-order valence-corrected chi connectivity index (χ0v) is 10.9. The number of halogens is 1. The van der Waals surface area contributed by atoms with Crippen LogP contribution in [0.5, 0.6) is 0 Å². The molecule has 3 N–H and O–H groups in total. The Morgan fingerprint density at radius 1 is 1.42 bits per heavy atom. The van der Waals surface area contributed by atoms with E-state index in [2.05, 4.69) is 14.9 Å². The van der Waals surface area contributed by atoms with Crippen molar-refractivity contribution in [2.45, 2.75) is 4.90 Å². The molecule has 7 nitrogen and oxygen atoms in total. The molecule has 0 spiro atoms. The third-order valence-electron chi connectivity index (χ3n) is 2.26. The second-order valence-electron chi connectivity index (χ2n) is 3.51. The van der Waals surface area contributed by atoms with E-state index in [1.54, 1.807) is 0 Å². The van der Waals surface area contributed by atoms with Crippen LogP contribution in [0.15, 0.2) is 35.5 Å². The van der Waals surface area contributed by atoms with E-state index in [-0.39, 0.29) is 21.2 Å². The normalized spacial score (nSPS) is 11.2. The van der Waals surface area contributed by atoms with Crippen molar-refractivity contribution in [3.05, 3.63) is 41.2 Å². The van der Waals surface area contributed by atoms with Gasteiger partial charge in [-0.05, 0) is 12.1 Å². The van der Waals surface area contributed by atoms with Crippen molar-refractivity contribution >= 4 is 33.3 Å². The fourth-order valence-electron chi connectivity index (χ4n) is 1.42. The molecule has 0 atom stereocenters. The van der Waals surface area contributed by atoms with E-state index in [0.717, 1.165) is 6.20 Å². The Morgan fingerprint density at radius 2 is 2.16 bits per heavy atom. The van der Waals surface area contributed by atoms with Crippen molar-refractivity contribution in [2.24, 2.45) is 0 Å². The largest absolute Gasteiger partial charge is 0.478 e. The van der Waals surface area contributed by atoms with Gasteiger partial charge in [-0.2, -0.15) is 5.10 Å². The van der Waals surface area contributed by atoms with Gasteiger partial charge in [-0.1, -0.05) is 17.7 Å². The van der Waals surface area contributed by atoms with Crippen LogP contribution in [0.4, 0.5) is 5.69 Å². The molecule has 9 heteroatoms. The lowest BCUT2D eigenvalue weighted by atomic mass is 10.2. The second kappa shape index (κ2) is 4.90. The Morgan fingerprint density at radius 3 is 2.74 bits per heavy atom. The maximum Gasteiger partial charge on any atom is 0.339 e. The number of H-pyrrole nitrogens is 1. The first kappa shape index (κ1) is 13.4. The maximum absolute atomic E-state index is 11.9. The zero-order valence-electron chi connectivity index (χ0n) is 9.29. The summed E-state index contributed by atoms with van der Waals surface area (Å²) in [5.74, 6) is -1.32. The molecular formula is C10H8ClN3O4S. The molecule has 0 bridgehead atoms. The van der Waals surface area contributed by atoms with Gasteiger partial charge in [-0.25, -0.2) is 13.2 Å². The quantitative estimate of drug-likeness (QED) is 0.793. The number of carboxylic acids is 1. The first-order chi connectivity index (χ1) is 8.92. The topological polar surface area (TPSA) is 112 Å². The summed E-state index contributed by atoms with van der Waals surface area (Å²) >= 11 is 5.74. The van der Waals surface area contributed by atoms with Crippen molar-refractivity contribution in [2.75, 3.05) is 4.72 Å². The number of aromatic nitrogens is 2. The summed E-state index contributed by atoms with van der Waals surface area (Å²) in [6, 6.07) is 4.12. The van der Waals surface area contributed by atoms with Crippen molar-refractivity contribution in [1.29, 1.82) is 0 Å². The van der Waals surface area contributed by atoms with Crippen LogP contribution in [-0.4, -0.2) is 29.7 Å². The molecule has 1 aromatic heterocycles. The summed E-state index contributed by atoms with van der Waals surface area (Å²) in [6.45, 7) is 0. The molecule has 2 rings (SSSR count). The highest BCUT2D eigenvalue weighted by atomic mass is 35.5. The molecule has 0 fully saturated rings. The number of sulfonamides is 1. The molecule has 100 valence electrons. The van der Waals surface area contributed by atoms with Crippen molar-refractivity contribution in [3.63, 3.8) is 0 Å². The van der Waals surface area contributed by atoms with Crippen LogP contribution in [0.1, 0.15) is 10.4 Å². The number of rotatable bonds is 4. The highest BCUT2D eigenvalue weighted by molar-refractivity contribution is 7.92. The number of nitrogens with zero attached hydrogens (tertiary/aromatic N) is 1. The Bertz CT molecular complexity index is 712. The van der Waals surface area contributed by atoms with E-state index in [1.807, 2.05) is 0 Å². The molecule has 0 saturated heterocycles. The van der Waals surface area contributed by atoms with Crippen LogP contribution in [0.3, 0.4) is 0 Å². The van der Waals surface area contributed by atoms with E-state index in [9.17, 15) is 13.2 Å². The number of nitrogens with one attached hydrogen (secondary N) is 2. The first-order valence-corrected chi connectivity index (χ1v) is 6.81. The number of aromatic amines is 1. The standard InChI is InChI=1S/C10H8ClN3O4S/c11-7-2-1-3-8(9(7)10(15)16)14-19(17,18)6-4-12-13-5-6/h1-5,14H,(H,12,13)(H,15,16). The number of anilines is 1. The molecule has 0 radical (unpaired) electrons. The molecule has 2 aromatic rings. The molecule has 1 heterocycles. The summed E-state index contributed by atoms with van der Waals surface area (Å²) in [6.07, 6.45) is 2.28.